The van der Waals surface area contributed by atoms with Gasteiger partial charge in [-0.05, 0) is 34.1 Å². The van der Waals surface area contributed by atoms with Crippen molar-refractivity contribution in [2.24, 2.45) is 0 Å². The molecule has 0 spiro atoms. The van der Waals surface area contributed by atoms with E-state index in [2.05, 4.69) is 24.3 Å². The molecule has 2 aromatic rings. The molecule has 0 unspecified atom stereocenters. The van der Waals surface area contributed by atoms with Crippen molar-refractivity contribution in [3.05, 3.63) is 53.6 Å². The Morgan fingerprint density at radius 3 is 2.65 bits per heavy atom. The first-order valence-corrected chi connectivity index (χ1v) is 5.72. The summed E-state index contributed by atoms with van der Waals surface area (Å²) < 4.78 is 5.02. The molecule has 0 fully saturated rings. The van der Waals surface area contributed by atoms with E-state index >= 15 is 0 Å². The van der Waals surface area contributed by atoms with Crippen LogP contribution in [-0.2, 0) is 11.1 Å². The fourth-order valence-corrected chi connectivity index (χ4v) is 2.54. The van der Waals surface area contributed by atoms with E-state index in [1.54, 1.807) is 0 Å². The van der Waals surface area contributed by atoms with Gasteiger partial charge in [-0.2, -0.15) is 0 Å². The Hall–Kier alpha value is -1.58. The van der Waals surface area contributed by atoms with Gasteiger partial charge in [-0.25, -0.2) is 0 Å². The molecule has 3 rings (SSSR count). The Bertz CT molecular complexity index is 566. The second kappa shape index (κ2) is 4.02. The van der Waals surface area contributed by atoms with Crippen molar-refractivity contribution in [3.63, 3.8) is 0 Å². The average molecular weight is 224 g/mol. The van der Waals surface area contributed by atoms with E-state index in [0.717, 1.165) is 11.9 Å². The molecule has 0 aromatic heterocycles. The van der Waals surface area contributed by atoms with Gasteiger partial charge < -0.3 is 9.68 Å². The van der Waals surface area contributed by atoms with Crippen molar-refractivity contribution >= 4 is 12.6 Å². The summed E-state index contributed by atoms with van der Waals surface area (Å²) in [6, 6.07) is 14.4. The maximum atomic E-state index is 9.85. The molecule has 0 radical (unpaired) electrons. The molecule has 1 aliphatic rings. The van der Waals surface area contributed by atoms with Gasteiger partial charge in [-0.15, -0.1) is 0 Å². The smallest absolute Gasteiger partial charge is 0.423 e. The highest BCUT2D eigenvalue weighted by molar-refractivity contribution is 6.60. The zero-order chi connectivity index (χ0) is 11.8. The van der Waals surface area contributed by atoms with Crippen LogP contribution >= 0.6 is 0 Å². The van der Waals surface area contributed by atoms with E-state index in [4.69, 9.17) is 4.65 Å². The number of hydrogen-bond acceptors (Lipinski definition) is 2. The predicted molar refractivity (Wildman–Crippen MR) is 69.3 cm³/mol. The van der Waals surface area contributed by atoms with Crippen LogP contribution in [0.1, 0.15) is 11.1 Å². The van der Waals surface area contributed by atoms with Crippen LogP contribution in [0, 0.1) is 0 Å². The SMILES string of the molecule is COB(O)c1cccc2c1Cc1ccccc1-2. The molecule has 3 heteroatoms. The Labute approximate surface area is 101 Å². The minimum atomic E-state index is -0.834. The third-order valence-electron chi connectivity index (χ3n) is 3.38. The van der Waals surface area contributed by atoms with E-state index in [0.29, 0.717) is 0 Å². The summed E-state index contributed by atoms with van der Waals surface area (Å²) in [6.07, 6.45) is 0.877. The van der Waals surface area contributed by atoms with Crippen molar-refractivity contribution in [2.45, 2.75) is 6.42 Å². The van der Waals surface area contributed by atoms with Crippen molar-refractivity contribution < 1.29 is 9.68 Å². The van der Waals surface area contributed by atoms with Gasteiger partial charge in [0.1, 0.15) is 0 Å². The highest BCUT2D eigenvalue weighted by atomic mass is 16.5. The highest BCUT2D eigenvalue weighted by Gasteiger charge is 2.26. The Balaban J connectivity index is 2.17. The highest BCUT2D eigenvalue weighted by Crippen LogP contribution is 2.35. The van der Waals surface area contributed by atoms with Crippen LogP contribution in [0.2, 0.25) is 0 Å². The van der Waals surface area contributed by atoms with Gasteiger partial charge in [0.15, 0.2) is 0 Å². The topological polar surface area (TPSA) is 29.5 Å². The molecule has 2 nitrogen and oxygen atoms in total. The van der Waals surface area contributed by atoms with Crippen molar-refractivity contribution in [1.82, 2.24) is 0 Å². The van der Waals surface area contributed by atoms with Crippen LogP contribution in [0.3, 0.4) is 0 Å². The minimum absolute atomic E-state index is 0.834. The minimum Gasteiger partial charge on any atom is -0.423 e. The lowest BCUT2D eigenvalue weighted by Crippen LogP contribution is -2.35. The maximum absolute atomic E-state index is 9.85. The molecule has 0 saturated carbocycles. The zero-order valence-electron chi connectivity index (χ0n) is 9.68. The zero-order valence-corrected chi connectivity index (χ0v) is 9.68. The van der Waals surface area contributed by atoms with Gasteiger partial charge in [0.2, 0.25) is 0 Å². The van der Waals surface area contributed by atoms with Crippen LogP contribution in [0.25, 0.3) is 11.1 Å². The molecular formula is C14H13BO2. The third-order valence-corrected chi connectivity index (χ3v) is 3.38. The average Bonchev–Trinajstić information content (AvgIpc) is 2.76. The third kappa shape index (κ3) is 1.59. The standard InChI is InChI=1S/C14H13BO2/c1-17-15(16)14-8-4-7-12-11-6-3-2-5-10(11)9-13(12)14/h2-8,16H,9H2,1H3. The van der Waals surface area contributed by atoms with Gasteiger partial charge in [0.25, 0.3) is 0 Å². The first-order chi connectivity index (χ1) is 8.31. The Morgan fingerprint density at radius 1 is 1.06 bits per heavy atom. The number of fused-ring (bicyclic) bond motifs is 3. The van der Waals surface area contributed by atoms with E-state index < -0.39 is 7.12 Å². The fraction of sp³-hybridized carbons (Fsp3) is 0.143. The molecule has 0 atom stereocenters. The van der Waals surface area contributed by atoms with Gasteiger partial charge in [0, 0.05) is 7.11 Å². The Morgan fingerprint density at radius 2 is 1.82 bits per heavy atom. The van der Waals surface area contributed by atoms with Gasteiger partial charge >= 0.3 is 7.12 Å². The van der Waals surface area contributed by atoms with Crippen LogP contribution < -0.4 is 5.46 Å². The first-order valence-electron chi connectivity index (χ1n) is 5.72. The van der Waals surface area contributed by atoms with Crippen molar-refractivity contribution in [2.75, 3.05) is 7.11 Å². The number of hydrogen-bond donors (Lipinski definition) is 1. The molecule has 1 N–H and O–H groups in total. The summed E-state index contributed by atoms with van der Waals surface area (Å²) >= 11 is 0. The second-order valence-electron chi connectivity index (χ2n) is 4.30. The van der Waals surface area contributed by atoms with Crippen LogP contribution in [0.5, 0.6) is 0 Å². The summed E-state index contributed by atoms with van der Waals surface area (Å²) in [5, 5.41) is 9.85. The first kappa shape index (κ1) is 10.6. The molecule has 84 valence electrons. The molecule has 1 aliphatic carbocycles. The summed E-state index contributed by atoms with van der Waals surface area (Å²) in [5.74, 6) is 0. The van der Waals surface area contributed by atoms with Crippen molar-refractivity contribution in [3.8, 4) is 11.1 Å². The molecule has 17 heavy (non-hydrogen) atoms. The number of benzene rings is 2. The van der Waals surface area contributed by atoms with E-state index in [9.17, 15) is 5.02 Å². The van der Waals surface area contributed by atoms with Crippen LogP contribution in [0.4, 0.5) is 0 Å². The second-order valence-corrected chi connectivity index (χ2v) is 4.30. The van der Waals surface area contributed by atoms with E-state index in [-0.39, 0.29) is 0 Å². The molecule has 0 aliphatic heterocycles. The lowest BCUT2D eigenvalue weighted by Gasteiger charge is -2.09. The molecule has 2 aromatic carbocycles. The molecule has 0 bridgehead atoms. The summed E-state index contributed by atoms with van der Waals surface area (Å²) in [6.45, 7) is 0. The molecule has 0 heterocycles. The van der Waals surface area contributed by atoms with E-state index in [1.807, 2.05) is 18.2 Å². The van der Waals surface area contributed by atoms with Crippen LogP contribution in [-0.4, -0.2) is 19.3 Å². The van der Waals surface area contributed by atoms with Gasteiger partial charge in [0.05, 0.1) is 0 Å². The summed E-state index contributed by atoms with van der Waals surface area (Å²) in [5.41, 5.74) is 5.87. The normalized spacial score (nSPS) is 12.1. The van der Waals surface area contributed by atoms with Crippen LogP contribution in [0.15, 0.2) is 42.5 Å². The monoisotopic (exact) mass is 224 g/mol. The Kier molecular flexibility index (Phi) is 2.50. The van der Waals surface area contributed by atoms with Gasteiger partial charge in [-0.1, -0.05) is 42.5 Å². The molecule has 0 amide bonds. The lowest BCUT2D eigenvalue weighted by atomic mass is 9.75. The maximum Gasteiger partial charge on any atom is 0.491 e. The molecular weight excluding hydrogens is 211 g/mol. The van der Waals surface area contributed by atoms with Gasteiger partial charge in [-0.3, -0.25) is 0 Å². The molecule has 0 saturated heterocycles. The van der Waals surface area contributed by atoms with E-state index in [1.165, 1.54) is 29.4 Å². The fourth-order valence-electron chi connectivity index (χ4n) is 2.54. The quantitative estimate of drug-likeness (QED) is 0.670. The summed E-state index contributed by atoms with van der Waals surface area (Å²) in [4.78, 5) is 0. The van der Waals surface area contributed by atoms with Crippen molar-refractivity contribution in [1.29, 1.82) is 0 Å². The summed E-state index contributed by atoms with van der Waals surface area (Å²) in [7, 11) is 0.686. The largest absolute Gasteiger partial charge is 0.491 e. The predicted octanol–water partition coefficient (Wildman–Crippen LogP) is 1.59. The number of rotatable bonds is 2. The lowest BCUT2D eigenvalue weighted by molar-refractivity contribution is 0.341.